The lowest BCUT2D eigenvalue weighted by Gasteiger charge is -2.35. The standard InChI is InChI=1S/C26H33NO3/c1-7-30-24-15-23-22(20(16(2)3)12-13-26(23,5)6)14-21(24)17(4)27-19-10-8-18(9-11-19)25(28)29/h8-12,14-17,27H,7,13H2,1-6H3,(H,28,29). The Hall–Kier alpha value is -2.75. The minimum atomic E-state index is -0.918. The molecule has 1 unspecified atom stereocenters. The van der Waals surface area contributed by atoms with Crippen LogP contribution in [0.25, 0.3) is 5.57 Å². The highest BCUT2D eigenvalue weighted by Crippen LogP contribution is 2.45. The smallest absolute Gasteiger partial charge is 0.335 e. The number of benzene rings is 2. The van der Waals surface area contributed by atoms with Crippen LogP contribution in [0.1, 0.15) is 81.1 Å². The number of rotatable bonds is 7. The zero-order valence-corrected chi connectivity index (χ0v) is 18.9. The summed E-state index contributed by atoms with van der Waals surface area (Å²) in [5.74, 6) is 0.451. The lowest BCUT2D eigenvalue weighted by Crippen LogP contribution is -2.24. The van der Waals surface area contributed by atoms with Crippen LogP contribution in [-0.2, 0) is 5.41 Å². The molecule has 0 aliphatic heterocycles. The molecule has 30 heavy (non-hydrogen) atoms. The number of hydrogen-bond donors (Lipinski definition) is 2. The first-order valence-corrected chi connectivity index (χ1v) is 10.8. The molecule has 4 nitrogen and oxygen atoms in total. The predicted molar refractivity (Wildman–Crippen MR) is 124 cm³/mol. The van der Waals surface area contributed by atoms with Crippen molar-refractivity contribution >= 4 is 17.2 Å². The molecule has 0 aromatic heterocycles. The van der Waals surface area contributed by atoms with Crippen LogP contribution in [0, 0.1) is 5.92 Å². The van der Waals surface area contributed by atoms with E-state index in [-0.39, 0.29) is 17.0 Å². The SMILES string of the molecule is CCOc1cc2c(cc1C(C)Nc1ccc(C(=O)O)cc1)C(C(C)C)=CCC2(C)C. The maximum absolute atomic E-state index is 11.1. The van der Waals surface area contributed by atoms with Crippen LogP contribution in [0.3, 0.4) is 0 Å². The van der Waals surface area contributed by atoms with Gasteiger partial charge in [-0.25, -0.2) is 4.79 Å². The fourth-order valence-corrected chi connectivity index (χ4v) is 4.18. The molecule has 2 aromatic rings. The molecule has 3 rings (SSSR count). The molecular formula is C26H33NO3. The van der Waals surface area contributed by atoms with Gasteiger partial charge in [-0.15, -0.1) is 0 Å². The normalized spacial score (nSPS) is 15.9. The van der Waals surface area contributed by atoms with E-state index in [0.29, 0.717) is 12.5 Å². The number of nitrogens with one attached hydrogen (secondary N) is 1. The number of anilines is 1. The Bertz CT molecular complexity index is 955. The van der Waals surface area contributed by atoms with E-state index in [1.807, 2.05) is 6.92 Å². The van der Waals surface area contributed by atoms with Crippen molar-refractivity contribution in [3.8, 4) is 5.75 Å². The van der Waals surface area contributed by atoms with E-state index in [4.69, 9.17) is 9.84 Å². The largest absolute Gasteiger partial charge is 0.494 e. The molecule has 4 heteroatoms. The predicted octanol–water partition coefficient (Wildman–Crippen LogP) is 6.68. The monoisotopic (exact) mass is 407 g/mol. The van der Waals surface area contributed by atoms with Crippen LogP contribution in [-0.4, -0.2) is 17.7 Å². The van der Waals surface area contributed by atoms with Crippen LogP contribution < -0.4 is 10.1 Å². The maximum Gasteiger partial charge on any atom is 0.335 e. The van der Waals surface area contributed by atoms with Crippen LogP contribution in [0.4, 0.5) is 5.69 Å². The average Bonchev–Trinajstić information content (AvgIpc) is 2.68. The van der Waals surface area contributed by atoms with Gasteiger partial charge in [0.05, 0.1) is 18.2 Å². The van der Waals surface area contributed by atoms with Gasteiger partial charge in [0, 0.05) is 11.3 Å². The van der Waals surface area contributed by atoms with E-state index in [9.17, 15) is 4.79 Å². The zero-order chi connectivity index (χ0) is 22.1. The lowest BCUT2D eigenvalue weighted by atomic mass is 9.71. The Morgan fingerprint density at radius 1 is 1.17 bits per heavy atom. The van der Waals surface area contributed by atoms with Crippen molar-refractivity contribution in [2.45, 2.75) is 59.4 Å². The molecule has 0 spiro atoms. The van der Waals surface area contributed by atoms with Crippen molar-refractivity contribution in [1.82, 2.24) is 0 Å². The lowest BCUT2D eigenvalue weighted by molar-refractivity contribution is 0.0697. The van der Waals surface area contributed by atoms with Gasteiger partial charge in [-0.1, -0.05) is 33.8 Å². The fourth-order valence-electron chi connectivity index (χ4n) is 4.18. The molecule has 0 fully saturated rings. The Labute approximate surface area is 180 Å². The average molecular weight is 408 g/mol. The molecule has 0 saturated carbocycles. The van der Waals surface area contributed by atoms with Gasteiger partial charge in [-0.2, -0.15) is 0 Å². The summed E-state index contributed by atoms with van der Waals surface area (Å²) in [5.41, 5.74) is 6.40. The molecule has 1 atom stereocenters. The third-order valence-corrected chi connectivity index (χ3v) is 5.93. The van der Waals surface area contributed by atoms with Crippen molar-refractivity contribution in [3.63, 3.8) is 0 Å². The van der Waals surface area contributed by atoms with Gasteiger partial charge < -0.3 is 15.2 Å². The van der Waals surface area contributed by atoms with Crippen molar-refractivity contribution in [2.24, 2.45) is 5.92 Å². The Balaban J connectivity index is 2.01. The number of aromatic carboxylic acids is 1. The summed E-state index contributed by atoms with van der Waals surface area (Å²) in [6.45, 7) is 13.8. The van der Waals surface area contributed by atoms with E-state index < -0.39 is 5.97 Å². The van der Waals surface area contributed by atoms with E-state index in [1.54, 1.807) is 24.3 Å². The highest BCUT2D eigenvalue weighted by Gasteiger charge is 2.31. The number of carboxylic acid groups (broad SMARTS) is 1. The second kappa shape index (κ2) is 8.55. The van der Waals surface area contributed by atoms with Crippen LogP contribution in [0.2, 0.25) is 0 Å². The van der Waals surface area contributed by atoms with Crippen LogP contribution >= 0.6 is 0 Å². The van der Waals surface area contributed by atoms with Crippen molar-refractivity contribution in [1.29, 1.82) is 0 Å². The van der Waals surface area contributed by atoms with E-state index in [0.717, 1.165) is 23.4 Å². The fraction of sp³-hybridized carbons (Fsp3) is 0.423. The second-order valence-corrected chi connectivity index (χ2v) is 9.02. The first kappa shape index (κ1) is 21.9. The third kappa shape index (κ3) is 4.38. The summed E-state index contributed by atoms with van der Waals surface area (Å²) >= 11 is 0. The van der Waals surface area contributed by atoms with Gasteiger partial charge in [-0.05, 0) is 84.7 Å². The zero-order valence-electron chi connectivity index (χ0n) is 18.9. The van der Waals surface area contributed by atoms with Gasteiger partial charge in [0.25, 0.3) is 0 Å². The molecule has 0 radical (unpaired) electrons. The summed E-state index contributed by atoms with van der Waals surface area (Å²) < 4.78 is 6.06. The molecule has 0 bridgehead atoms. The maximum atomic E-state index is 11.1. The summed E-state index contributed by atoms with van der Waals surface area (Å²) in [4.78, 5) is 11.1. The minimum absolute atomic E-state index is 0.00554. The van der Waals surface area contributed by atoms with Crippen molar-refractivity contribution in [3.05, 3.63) is 64.7 Å². The molecule has 0 saturated heterocycles. The van der Waals surface area contributed by atoms with Gasteiger partial charge >= 0.3 is 5.97 Å². The Morgan fingerprint density at radius 3 is 2.40 bits per heavy atom. The van der Waals surface area contributed by atoms with Gasteiger partial charge in [0.1, 0.15) is 5.75 Å². The van der Waals surface area contributed by atoms with Crippen molar-refractivity contribution in [2.75, 3.05) is 11.9 Å². The number of hydrogen-bond acceptors (Lipinski definition) is 3. The summed E-state index contributed by atoms with van der Waals surface area (Å²) in [6.07, 6.45) is 3.42. The Kier molecular flexibility index (Phi) is 6.25. The third-order valence-electron chi connectivity index (χ3n) is 5.93. The number of fused-ring (bicyclic) bond motifs is 1. The Morgan fingerprint density at radius 2 is 1.83 bits per heavy atom. The van der Waals surface area contributed by atoms with Crippen LogP contribution in [0.5, 0.6) is 5.75 Å². The highest BCUT2D eigenvalue weighted by atomic mass is 16.5. The van der Waals surface area contributed by atoms with Gasteiger partial charge in [-0.3, -0.25) is 0 Å². The van der Waals surface area contributed by atoms with Crippen molar-refractivity contribution < 1.29 is 14.6 Å². The summed E-state index contributed by atoms with van der Waals surface area (Å²) in [6, 6.07) is 11.4. The molecule has 2 aromatic carbocycles. The highest BCUT2D eigenvalue weighted by molar-refractivity contribution is 5.88. The van der Waals surface area contributed by atoms with Gasteiger partial charge in [0.15, 0.2) is 0 Å². The first-order valence-electron chi connectivity index (χ1n) is 10.8. The molecule has 0 heterocycles. The first-order chi connectivity index (χ1) is 14.1. The number of allylic oxidation sites excluding steroid dienone is 2. The molecule has 160 valence electrons. The van der Waals surface area contributed by atoms with E-state index >= 15 is 0 Å². The number of ether oxygens (including phenoxy) is 1. The second-order valence-electron chi connectivity index (χ2n) is 9.02. The molecule has 1 aliphatic carbocycles. The summed E-state index contributed by atoms with van der Waals surface area (Å²) in [7, 11) is 0. The van der Waals surface area contributed by atoms with E-state index in [1.165, 1.54) is 16.7 Å². The van der Waals surface area contributed by atoms with Crippen LogP contribution in [0.15, 0.2) is 42.5 Å². The molecule has 1 aliphatic rings. The summed E-state index contributed by atoms with van der Waals surface area (Å²) in [5, 5.41) is 12.6. The molecular weight excluding hydrogens is 374 g/mol. The quantitative estimate of drug-likeness (QED) is 0.538. The van der Waals surface area contributed by atoms with Gasteiger partial charge in [0.2, 0.25) is 0 Å². The number of carboxylic acids is 1. The van der Waals surface area contributed by atoms with E-state index in [2.05, 4.69) is 58.1 Å². The number of carbonyl (C=O) groups is 1. The molecule has 0 amide bonds. The minimum Gasteiger partial charge on any atom is -0.494 e. The molecule has 2 N–H and O–H groups in total. The topological polar surface area (TPSA) is 58.6 Å².